The SMILES string of the molecule is Cc1ccc(S(=O)(=O)N2C3CCC2CC(Oc2ccccn2)C3)s1. The molecule has 5 nitrogen and oxygen atoms in total. The number of piperidine rings is 1. The maximum atomic E-state index is 13.0. The Balaban J connectivity index is 1.53. The van der Waals surface area contributed by atoms with Gasteiger partial charge in [-0.25, -0.2) is 13.4 Å². The van der Waals surface area contributed by atoms with Crippen LogP contribution in [0.15, 0.2) is 40.7 Å². The lowest BCUT2D eigenvalue weighted by Crippen LogP contribution is -2.49. The van der Waals surface area contributed by atoms with E-state index >= 15 is 0 Å². The van der Waals surface area contributed by atoms with Gasteiger partial charge in [-0.05, 0) is 38.0 Å². The molecule has 4 heterocycles. The second-order valence-corrected chi connectivity index (χ2v) is 9.82. The third kappa shape index (κ3) is 2.85. The Hall–Kier alpha value is -1.44. The average Bonchev–Trinajstić information content (AvgIpc) is 3.11. The van der Waals surface area contributed by atoms with Crippen molar-refractivity contribution >= 4 is 21.4 Å². The molecule has 24 heavy (non-hydrogen) atoms. The smallest absolute Gasteiger partial charge is 0.253 e. The molecule has 128 valence electrons. The van der Waals surface area contributed by atoms with E-state index in [2.05, 4.69) is 4.98 Å². The Morgan fingerprint density at radius 1 is 1.17 bits per heavy atom. The first-order chi connectivity index (χ1) is 11.5. The number of nitrogens with zero attached hydrogens (tertiary/aromatic N) is 2. The molecule has 0 saturated carbocycles. The Kier molecular flexibility index (Phi) is 4.10. The van der Waals surface area contributed by atoms with Gasteiger partial charge >= 0.3 is 0 Å². The van der Waals surface area contributed by atoms with Gasteiger partial charge in [-0.15, -0.1) is 11.3 Å². The lowest BCUT2D eigenvalue weighted by molar-refractivity contribution is 0.0919. The molecular formula is C17H20N2O3S2. The van der Waals surface area contributed by atoms with Crippen LogP contribution in [0.3, 0.4) is 0 Å². The fourth-order valence-electron chi connectivity index (χ4n) is 3.81. The molecule has 2 saturated heterocycles. The summed E-state index contributed by atoms with van der Waals surface area (Å²) in [6, 6.07) is 9.26. The van der Waals surface area contributed by atoms with Crippen LogP contribution in [0.4, 0.5) is 0 Å². The molecule has 2 fully saturated rings. The molecule has 0 radical (unpaired) electrons. The summed E-state index contributed by atoms with van der Waals surface area (Å²) in [6.07, 6.45) is 5.04. The Morgan fingerprint density at radius 3 is 2.50 bits per heavy atom. The van der Waals surface area contributed by atoms with Crippen LogP contribution >= 0.6 is 11.3 Å². The molecule has 0 aliphatic carbocycles. The van der Waals surface area contributed by atoms with Gasteiger partial charge in [0.25, 0.3) is 10.0 Å². The van der Waals surface area contributed by atoms with Crippen molar-refractivity contribution in [1.29, 1.82) is 0 Å². The maximum absolute atomic E-state index is 13.0. The number of hydrogen-bond acceptors (Lipinski definition) is 5. The molecule has 0 spiro atoms. The highest BCUT2D eigenvalue weighted by Crippen LogP contribution is 2.41. The van der Waals surface area contributed by atoms with Gasteiger partial charge in [0.05, 0.1) is 0 Å². The molecule has 7 heteroatoms. The summed E-state index contributed by atoms with van der Waals surface area (Å²) in [5, 5.41) is 0. The zero-order valence-corrected chi connectivity index (χ0v) is 15.1. The fraction of sp³-hybridized carbons (Fsp3) is 0.471. The first-order valence-corrected chi connectivity index (χ1v) is 10.5. The first-order valence-electron chi connectivity index (χ1n) is 8.22. The molecule has 2 aromatic rings. The number of aryl methyl sites for hydroxylation is 1. The number of thiophene rings is 1. The van der Waals surface area contributed by atoms with E-state index in [1.54, 1.807) is 16.6 Å². The van der Waals surface area contributed by atoms with E-state index in [1.165, 1.54) is 11.3 Å². The molecule has 4 rings (SSSR count). The normalized spacial score (nSPS) is 27.3. The summed E-state index contributed by atoms with van der Waals surface area (Å²) in [4.78, 5) is 5.23. The van der Waals surface area contributed by atoms with Crippen LogP contribution < -0.4 is 4.74 Å². The standard InChI is InChI=1S/C17H20N2O3S2/c1-12-5-8-17(23-12)24(20,21)19-13-6-7-14(19)11-15(10-13)22-16-4-2-3-9-18-16/h2-5,8-9,13-15H,6-7,10-11H2,1H3. The maximum Gasteiger partial charge on any atom is 0.253 e. The minimum absolute atomic E-state index is 0.0323. The van der Waals surface area contributed by atoms with E-state index < -0.39 is 10.0 Å². The number of ether oxygens (including phenoxy) is 1. The van der Waals surface area contributed by atoms with Crippen molar-refractivity contribution in [1.82, 2.24) is 9.29 Å². The Morgan fingerprint density at radius 2 is 1.92 bits per heavy atom. The van der Waals surface area contributed by atoms with E-state index in [1.807, 2.05) is 31.2 Å². The number of hydrogen-bond donors (Lipinski definition) is 0. The summed E-state index contributed by atoms with van der Waals surface area (Å²) < 4.78 is 34.2. The summed E-state index contributed by atoms with van der Waals surface area (Å²) in [7, 11) is -3.39. The Labute approximate surface area is 146 Å². The lowest BCUT2D eigenvalue weighted by atomic mass is 10.0. The third-order valence-electron chi connectivity index (χ3n) is 4.80. The molecule has 0 aromatic carbocycles. The quantitative estimate of drug-likeness (QED) is 0.836. The van der Waals surface area contributed by atoms with Gasteiger partial charge in [-0.3, -0.25) is 0 Å². The zero-order chi connectivity index (χ0) is 16.7. The number of aromatic nitrogens is 1. The predicted octanol–water partition coefficient (Wildman–Crippen LogP) is 3.21. The first kappa shape index (κ1) is 16.1. The second kappa shape index (κ2) is 6.13. The van der Waals surface area contributed by atoms with Crippen molar-refractivity contribution < 1.29 is 13.2 Å². The molecule has 2 bridgehead atoms. The summed E-state index contributed by atoms with van der Waals surface area (Å²) in [6.45, 7) is 1.94. The number of fused-ring (bicyclic) bond motifs is 2. The van der Waals surface area contributed by atoms with Crippen molar-refractivity contribution in [3.8, 4) is 5.88 Å². The third-order valence-corrected chi connectivity index (χ3v) is 8.27. The summed E-state index contributed by atoms with van der Waals surface area (Å²) >= 11 is 1.35. The highest BCUT2D eigenvalue weighted by Gasteiger charge is 2.48. The van der Waals surface area contributed by atoms with Crippen LogP contribution in [0.5, 0.6) is 5.88 Å². The van der Waals surface area contributed by atoms with Gasteiger partial charge in [0.1, 0.15) is 10.3 Å². The van der Waals surface area contributed by atoms with E-state index in [9.17, 15) is 8.42 Å². The molecule has 2 unspecified atom stereocenters. The highest BCUT2D eigenvalue weighted by molar-refractivity contribution is 7.91. The molecule has 2 aromatic heterocycles. The number of pyridine rings is 1. The lowest BCUT2D eigenvalue weighted by Gasteiger charge is -2.37. The van der Waals surface area contributed by atoms with Crippen molar-refractivity contribution in [2.24, 2.45) is 0 Å². The van der Waals surface area contributed by atoms with Crippen molar-refractivity contribution in [3.05, 3.63) is 41.4 Å². The van der Waals surface area contributed by atoms with Gasteiger partial charge in [-0.2, -0.15) is 4.31 Å². The molecule has 0 amide bonds. The van der Waals surface area contributed by atoms with Crippen LogP contribution in [0.25, 0.3) is 0 Å². The Bertz CT molecular complexity index is 805. The van der Waals surface area contributed by atoms with Gasteiger partial charge < -0.3 is 4.74 Å². The van der Waals surface area contributed by atoms with Gasteiger partial charge in [0.15, 0.2) is 0 Å². The summed E-state index contributed by atoms with van der Waals surface area (Å²) in [5.74, 6) is 0.618. The van der Waals surface area contributed by atoms with E-state index in [0.29, 0.717) is 10.1 Å². The molecule has 0 N–H and O–H groups in total. The van der Waals surface area contributed by atoms with Crippen LogP contribution in [-0.2, 0) is 10.0 Å². The van der Waals surface area contributed by atoms with E-state index in [4.69, 9.17) is 4.74 Å². The van der Waals surface area contributed by atoms with Crippen LogP contribution in [0.1, 0.15) is 30.6 Å². The van der Waals surface area contributed by atoms with Gasteiger partial charge in [-0.1, -0.05) is 6.07 Å². The van der Waals surface area contributed by atoms with E-state index in [0.717, 1.165) is 30.6 Å². The minimum Gasteiger partial charge on any atom is -0.474 e. The van der Waals surface area contributed by atoms with Crippen LogP contribution in [-0.4, -0.2) is 35.9 Å². The number of sulfonamides is 1. The van der Waals surface area contributed by atoms with Crippen molar-refractivity contribution in [2.75, 3.05) is 0 Å². The van der Waals surface area contributed by atoms with Gasteiger partial charge in [0, 0.05) is 42.1 Å². The van der Waals surface area contributed by atoms with Crippen molar-refractivity contribution in [3.63, 3.8) is 0 Å². The van der Waals surface area contributed by atoms with Gasteiger partial charge in [0.2, 0.25) is 5.88 Å². The van der Waals surface area contributed by atoms with Crippen LogP contribution in [0.2, 0.25) is 0 Å². The number of rotatable bonds is 4. The molecular weight excluding hydrogens is 344 g/mol. The van der Waals surface area contributed by atoms with Crippen molar-refractivity contribution in [2.45, 2.75) is 55.0 Å². The zero-order valence-electron chi connectivity index (χ0n) is 13.5. The molecule has 2 aliphatic heterocycles. The minimum atomic E-state index is -3.39. The predicted molar refractivity (Wildman–Crippen MR) is 92.8 cm³/mol. The van der Waals surface area contributed by atoms with E-state index in [-0.39, 0.29) is 18.2 Å². The topological polar surface area (TPSA) is 59.5 Å². The monoisotopic (exact) mass is 364 g/mol. The fourth-order valence-corrected chi connectivity index (χ4v) is 7.09. The highest BCUT2D eigenvalue weighted by atomic mass is 32.2. The largest absolute Gasteiger partial charge is 0.474 e. The molecule has 2 atom stereocenters. The summed E-state index contributed by atoms with van der Waals surface area (Å²) in [5.41, 5.74) is 0. The average molecular weight is 364 g/mol. The molecule has 2 aliphatic rings. The second-order valence-electron chi connectivity index (χ2n) is 6.46. The van der Waals surface area contributed by atoms with Crippen LogP contribution in [0, 0.1) is 6.92 Å².